The lowest BCUT2D eigenvalue weighted by molar-refractivity contribution is -0.125. The number of nitrogens with zero attached hydrogens (tertiary/aromatic N) is 1. The number of rotatable bonds is 7. The zero-order chi connectivity index (χ0) is 22.6. The number of ether oxygens (including phenoxy) is 3. The van der Waals surface area contributed by atoms with Crippen molar-refractivity contribution in [2.24, 2.45) is 0 Å². The van der Waals surface area contributed by atoms with Crippen LogP contribution in [0.25, 0.3) is 11.1 Å². The molecule has 6 heteroatoms. The predicted octanol–water partition coefficient (Wildman–Crippen LogP) is 4.37. The molecular weight excluding hydrogens is 416 g/mol. The van der Waals surface area contributed by atoms with Gasteiger partial charge in [0.25, 0.3) is 0 Å². The van der Waals surface area contributed by atoms with E-state index in [-0.39, 0.29) is 18.7 Å². The van der Waals surface area contributed by atoms with Crippen LogP contribution in [-0.4, -0.2) is 37.3 Å². The Bertz CT molecular complexity index is 1130. The molecule has 3 aromatic carbocycles. The number of fused-ring (bicyclic) bond motifs is 1. The van der Waals surface area contributed by atoms with Gasteiger partial charge in [-0.3, -0.25) is 9.69 Å². The summed E-state index contributed by atoms with van der Waals surface area (Å²) in [5.74, 6) is 2.42. The van der Waals surface area contributed by atoms with Crippen LogP contribution in [0.1, 0.15) is 24.0 Å². The summed E-state index contributed by atoms with van der Waals surface area (Å²) in [4.78, 5) is 15.2. The van der Waals surface area contributed by atoms with E-state index in [1.165, 1.54) is 5.56 Å². The van der Waals surface area contributed by atoms with Crippen molar-refractivity contribution in [3.05, 3.63) is 77.9 Å². The van der Waals surface area contributed by atoms with Crippen molar-refractivity contribution in [1.82, 2.24) is 10.2 Å². The van der Waals surface area contributed by atoms with Gasteiger partial charge in [0, 0.05) is 13.1 Å². The number of benzene rings is 3. The summed E-state index contributed by atoms with van der Waals surface area (Å²) in [7, 11) is 1.68. The number of nitrogens with one attached hydrogen (secondary N) is 1. The van der Waals surface area contributed by atoms with Gasteiger partial charge in [-0.25, -0.2) is 0 Å². The molecule has 1 saturated heterocycles. The van der Waals surface area contributed by atoms with Crippen molar-refractivity contribution in [2.75, 3.05) is 20.4 Å². The van der Waals surface area contributed by atoms with Gasteiger partial charge in [-0.15, -0.1) is 0 Å². The number of hydrogen-bond donors (Lipinski definition) is 1. The first-order valence-corrected chi connectivity index (χ1v) is 11.3. The molecular formula is C27H28N2O4. The van der Waals surface area contributed by atoms with Gasteiger partial charge in [0.1, 0.15) is 5.75 Å². The molecule has 2 aliphatic heterocycles. The highest BCUT2D eigenvalue weighted by atomic mass is 16.7. The van der Waals surface area contributed by atoms with E-state index >= 15 is 0 Å². The van der Waals surface area contributed by atoms with E-state index in [0.717, 1.165) is 59.9 Å². The molecule has 2 heterocycles. The average Bonchev–Trinajstić information content (AvgIpc) is 3.52. The first-order chi connectivity index (χ1) is 16.2. The lowest BCUT2D eigenvalue weighted by Crippen LogP contribution is -2.42. The third-order valence-corrected chi connectivity index (χ3v) is 6.31. The predicted molar refractivity (Wildman–Crippen MR) is 126 cm³/mol. The van der Waals surface area contributed by atoms with Gasteiger partial charge in [0.05, 0.1) is 13.2 Å². The highest BCUT2D eigenvalue weighted by Gasteiger charge is 2.30. The fourth-order valence-electron chi connectivity index (χ4n) is 4.51. The number of carbonyl (C=O) groups is 1. The lowest BCUT2D eigenvalue weighted by atomic mass is 10.0. The van der Waals surface area contributed by atoms with Gasteiger partial charge in [0.15, 0.2) is 11.5 Å². The van der Waals surface area contributed by atoms with Crippen molar-refractivity contribution in [1.29, 1.82) is 0 Å². The van der Waals surface area contributed by atoms with Crippen molar-refractivity contribution in [3.8, 4) is 28.4 Å². The maximum Gasteiger partial charge on any atom is 0.237 e. The van der Waals surface area contributed by atoms with E-state index < -0.39 is 0 Å². The van der Waals surface area contributed by atoms with Crippen molar-refractivity contribution >= 4 is 5.91 Å². The van der Waals surface area contributed by atoms with Crippen LogP contribution in [0.4, 0.5) is 0 Å². The maximum atomic E-state index is 12.9. The number of hydrogen-bond acceptors (Lipinski definition) is 5. The fraction of sp³-hybridized carbons (Fsp3) is 0.296. The molecule has 1 fully saturated rings. The molecule has 2 aliphatic rings. The second-order valence-corrected chi connectivity index (χ2v) is 8.46. The summed E-state index contributed by atoms with van der Waals surface area (Å²) in [5.41, 5.74) is 4.49. The molecule has 6 nitrogen and oxygen atoms in total. The average molecular weight is 445 g/mol. The van der Waals surface area contributed by atoms with Crippen LogP contribution in [0.2, 0.25) is 0 Å². The Morgan fingerprint density at radius 3 is 2.67 bits per heavy atom. The molecule has 0 aliphatic carbocycles. The van der Waals surface area contributed by atoms with Crippen LogP contribution >= 0.6 is 0 Å². The molecule has 0 spiro atoms. The Morgan fingerprint density at radius 2 is 1.82 bits per heavy atom. The second-order valence-electron chi connectivity index (χ2n) is 8.46. The Labute approximate surface area is 194 Å². The van der Waals surface area contributed by atoms with E-state index in [0.29, 0.717) is 6.54 Å². The van der Waals surface area contributed by atoms with E-state index in [1.807, 2.05) is 36.4 Å². The fourth-order valence-corrected chi connectivity index (χ4v) is 4.51. The molecule has 0 bridgehead atoms. The van der Waals surface area contributed by atoms with Crippen molar-refractivity contribution in [3.63, 3.8) is 0 Å². The second kappa shape index (κ2) is 9.55. The lowest BCUT2D eigenvalue weighted by Gasteiger charge is -2.24. The van der Waals surface area contributed by atoms with E-state index in [9.17, 15) is 4.79 Å². The first kappa shape index (κ1) is 21.3. The van der Waals surface area contributed by atoms with Crippen LogP contribution < -0.4 is 19.5 Å². The van der Waals surface area contributed by atoms with Crippen LogP contribution in [0.3, 0.4) is 0 Å². The Kier molecular flexibility index (Phi) is 6.17. The van der Waals surface area contributed by atoms with Crippen LogP contribution in [0.15, 0.2) is 66.7 Å². The minimum atomic E-state index is -0.0999. The summed E-state index contributed by atoms with van der Waals surface area (Å²) in [6.45, 7) is 2.43. The van der Waals surface area contributed by atoms with Gasteiger partial charge < -0.3 is 19.5 Å². The standard InChI is InChI=1S/C27H28N2O4/c1-31-23-5-2-4-22(15-23)21-10-7-19(8-11-21)17-29-13-3-6-24(29)27(30)28-16-20-9-12-25-26(14-20)33-18-32-25/h2,4-5,7-12,14-15,24H,3,6,13,16-18H2,1H3,(H,28,30). The summed E-state index contributed by atoms with van der Waals surface area (Å²) >= 11 is 0. The van der Waals surface area contributed by atoms with Gasteiger partial charge in [-0.05, 0) is 65.9 Å². The molecule has 1 unspecified atom stereocenters. The molecule has 1 N–H and O–H groups in total. The molecule has 170 valence electrons. The molecule has 33 heavy (non-hydrogen) atoms. The van der Waals surface area contributed by atoms with Crippen LogP contribution in [-0.2, 0) is 17.9 Å². The highest BCUT2D eigenvalue weighted by molar-refractivity contribution is 5.82. The van der Waals surface area contributed by atoms with Gasteiger partial charge in [0.2, 0.25) is 12.7 Å². The third kappa shape index (κ3) is 4.81. The topological polar surface area (TPSA) is 60.0 Å². The molecule has 0 radical (unpaired) electrons. The summed E-state index contributed by atoms with van der Waals surface area (Å²) < 4.78 is 16.1. The Hall–Kier alpha value is -3.51. The molecule has 3 aromatic rings. The molecule has 1 amide bonds. The minimum Gasteiger partial charge on any atom is -0.497 e. The number of carbonyl (C=O) groups excluding carboxylic acids is 1. The van der Waals surface area contributed by atoms with E-state index in [4.69, 9.17) is 14.2 Å². The number of likely N-dealkylation sites (tertiary alicyclic amines) is 1. The van der Waals surface area contributed by atoms with Gasteiger partial charge >= 0.3 is 0 Å². The molecule has 0 saturated carbocycles. The monoisotopic (exact) mass is 444 g/mol. The third-order valence-electron chi connectivity index (χ3n) is 6.31. The smallest absolute Gasteiger partial charge is 0.237 e. The number of amides is 1. The summed E-state index contributed by atoms with van der Waals surface area (Å²) in [6.07, 6.45) is 1.92. The SMILES string of the molecule is COc1cccc(-c2ccc(CN3CCCC3C(=O)NCc3ccc4c(c3)OCO4)cc2)c1. The summed E-state index contributed by atoms with van der Waals surface area (Å²) in [6, 6.07) is 22.3. The maximum absolute atomic E-state index is 12.9. The normalized spacial score (nSPS) is 17.2. The molecule has 0 aromatic heterocycles. The Balaban J connectivity index is 1.19. The quantitative estimate of drug-likeness (QED) is 0.586. The number of methoxy groups -OCH3 is 1. The van der Waals surface area contributed by atoms with E-state index in [2.05, 4.69) is 40.5 Å². The van der Waals surface area contributed by atoms with E-state index in [1.54, 1.807) is 7.11 Å². The van der Waals surface area contributed by atoms with Gasteiger partial charge in [-0.2, -0.15) is 0 Å². The zero-order valence-corrected chi connectivity index (χ0v) is 18.8. The minimum absolute atomic E-state index is 0.0816. The van der Waals surface area contributed by atoms with Gasteiger partial charge in [-0.1, -0.05) is 42.5 Å². The Morgan fingerprint density at radius 1 is 1.00 bits per heavy atom. The summed E-state index contributed by atoms with van der Waals surface area (Å²) in [5, 5.41) is 3.10. The molecule has 1 atom stereocenters. The highest BCUT2D eigenvalue weighted by Crippen LogP contribution is 2.32. The zero-order valence-electron chi connectivity index (χ0n) is 18.8. The molecule has 5 rings (SSSR count). The largest absolute Gasteiger partial charge is 0.497 e. The van der Waals surface area contributed by atoms with Crippen LogP contribution in [0.5, 0.6) is 17.2 Å². The van der Waals surface area contributed by atoms with Crippen molar-refractivity contribution in [2.45, 2.75) is 32.0 Å². The van der Waals surface area contributed by atoms with Crippen molar-refractivity contribution < 1.29 is 19.0 Å². The van der Waals surface area contributed by atoms with Crippen LogP contribution in [0, 0.1) is 0 Å². The first-order valence-electron chi connectivity index (χ1n) is 11.3.